The van der Waals surface area contributed by atoms with Gasteiger partial charge in [0.15, 0.2) is 5.03 Å². The first-order valence-electron chi connectivity index (χ1n) is 7.08. The molecule has 0 bridgehead atoms. The smallest absolute Gasteiger partial charge is 0.322 e. The van der Waals surface area contributed by atoms with Crippen LogP contribution in [0.4, 0.5) is 11.6 Å². The summed E-state index contributed by atoms with van der Waals surface area (Å²) in [6.07, 6.45) is 1.90. The number of hydrogen-bond donors (Lipinski definition) is 1. The molecule has 0 amide bonds. The maximum absolute atomic E-state index is 11.3. The Bertz CT molecular complexity index is 526. The molecule has 1 aromatic rings. The van der Waals surface area contributed by atoms with Gasteiger partial charge in [0.2, 0.25) is 5.95 Å². The zero-order valence-corrected chi connectivity index (χ0v) is 13.3. The van der Waals surface area contributed by atoms with Crippen LogP contribution in [-0.2, 0) is 4.74 Å². The fourth-order valence-corrected chi connectivity index (χ4v) is 3.40. The summed E-state index contributed by atoms with van der Waals surface area (Å²) >= 11 is 1.42. The Balaban J connectivity index is 2.30. The third kappa shape index (κ3) is 3.82. The van der Waals surface area contributed by atoms with Gasteiger partial charge in [-0.2, -0.15) is 4.98 Å². The predicted molar refractivity (Wildman–Crippen MR) is 81.9 cm³/mol. The van der Waals surface area contributed by atoms with Gasteiger partial charge in [-0.15, -0.1) is 0 Å². The van der Waals surface area contributed by atoms with E-state index in [1.165, 1.54) is 11.8 Å². The van der Waals surface area contributed by atoms with Crippen LogP contribution < -0.4 is 5.32 Å². The van der Waals surface area contributed by atoms with Gasteiger partial charge in [0.1, 0.15) is 5.69 Å². The van der Waals surface area contributed by atoms with Crippen LogP contribution in [0, 0.1) is 17.0 Å². The molecule has 2 rings (SSSR count). The summed E-state index contributed by atoms with van der Waals surface area (Å²) < 4.78 is 5.51. The number of nitrogens with one attached hydrogen (secondary N) is 1. The lowest BCUT2D eigenvalue weighted by Crippen LogP contribution is -2.15. The summed E-state index contributed by atoms with van der Waals surface area (Å²) in [5.41, 5.74) is 0.392. The van der Waals surface area contributed by atoms with Crippen molar-refractivity contribution in [3.63, 3.8) is 0 Å². The Morgan fingerprint density at radius 2 is 2.29 bits per heavy atom. The lowest BCUT2D eigenvalue weighted by Gasteiger charge is -2.14. The SMILES string of the molecule is CCCNc1nc(C)c([N+](=O)[O-])c(SC2CCOC2C)n1. The number of ether oxygens (including phenoxy) is 1. The maximum Gasteiger partial charge on any atom is 0.322 e. The lowest BCUT2D eigenvalue weighted by atomic mass is 10.3. The molecule has 0 saturated carbocycles. The minimum atomic E-state index is -0.401. The van der Waals surface area contributed by atoms with Gasteiger partial charge >= 0.3 is 5.69 Å². The Morgan fingerprint density at radius 3 is 2.86 bits per heavy atom. The van der Waals surface area contributed by atoms with Crippen molar-refractivity contribution in [2.75, 3.05) is 18.5 Å². The Morgan fingerprint density at radius 1 is 1.52 bits per heavy atom. The van der Waals surface area contributed by atoms with E-state index in [1.54, 1.807) is 6.92 Å². The molecule has 1 aromatic heterocycles. The van der Waals surface area contributed by atoms with Gasteiger partial charge in [0.05, 0.1) is 11.0 Å². The second kappa shape index (κ2) is 7.04. The average molecular weight is 312 g/mol. The van der Waals surface area contributed by atoms with Crippen LogP contribution in [0.25, 0.3) is 0 Å². The lowest BCUT2D eigenvalue weighted by molar-refractivity contribution is -0.389. The van der Waals surface area contributed by atoms with E-state index >= 15 is 0 Å². The molecule has 0 aromatic carbocycles. The van der Waals surface area contributed by atoms with Crippen LogP contribution in [0.2, 0.25) is 0 Å². The van der Waals surface area contributed by atoms with Crippen molar-refractivity contribution in [1.29, 1.82) is 0 Å². The van der Waals surface area contributed by atoms with Crippen molar-refractivity contribution in [1.82, 2.24) is 9.97 Å². The Kier molecular flexibility index (Phi) is 5.35. The van der Waals surface area contributed by atoms with Gasteiger partial charge in [-0.05, 0) is 26.7 Å². The molecule has 0 spiro atoms. The summed E-state index contributed by atoms with van der Waals surface area (Å²) in [4.78, 5) is 19.4. The first kappa shape index (κ1) is 16.0. The first-order chi connectivity index (χ1) is 10.0. The topological polar surface area (TPSA) is 90.2 Å². The van der Waals surface area contributed by atoms with Gasteiger partial charge < -0.3 is 10.1 Å². The highest BCUT2D eigenvalue weighted by atomic mass is 32.2. The minimum Gasteiger partial charge on any atom is -0.377 e. The molecule has 7 nitrogen and oxygen atoms in total. The molecule has 1 aliphatic rings. The minimum absolute atomic E-state index is 0.00106. The molecule has 1 saturated heterocycles. The molecule has 0 aliphatic carbocycles. The summed E-state index contributed by atoms with van der Waals surface area (Å²) in [5, 5.41) is 15.0. The molecule has 1 aliphatic heterocycles. The summed E-state index contributed by atoms with van der Waals surface area (Å²) in [6, 6.07) is 0. The van der Waals surface area contributed by atoms with Crippen molar-refractivity contribution in [2.45, 2.75) is 50.0 Å². The molecule has 2 unspecified atom stereocenters. The molecular weight excluding hydrogens is 292 g/mol. The molecule has 2 atom stereocenters. The normalized spacial score (nSPS) is 21.5. The third-order valence-corrected chi connectivity index (χ3v) is 4.74. The second-order valence-corrected chi connectivity index (χ2v) is 6.22. The van der Waals surface area contributed by atoms with Crippen LogP contribution in [0.3, 0.4) is 0 Å². The Hall–Kier alpha value is -1.41. The zero-order chi connectivity index (χ0) is 15.4. The first-order valence-corrected chi connectivity index (χ1v) is 7.96. The standard InChI is InChI=1S/C13H20N4O3S/c1-4-6-14-13-15-8(2)11(17(18)19)12(16-13)21-10-5-7-20-9(10)3/h9-10H,4-7H2,1-3H3,(H,14,15,16). The van der Waals surface area contributed by atoms with E-state index < -0.39 is 4.92 Å². The molecule has 1 fully saturated rings. The van der Waals surface area contributed by atoms with Gasteiger partial charge in [-0.25, -0.2) is 4.98 Å². The van der Waals surface area contributed by atoms with Crippen molar-refractivity contribution in [3.05, 3.63) is 15.8 Å². The average Bonchev–Trinajstić information content (AvgIpc) is 2.81. The van der Waals surface area contributed by atoms with E-state index in [9.17, 15) is 10.1 Å². The molecule has 116 valence electrons. The quantitative estimate of drug-likeness (QED) is 0.490. The fraction of sp³-hybridized carbons (Fsp3) is 0.692. The number of rotatable bonds is 6. The highest BCUT2D eigenvalue weighted by molar-refractivity contribution is 8.00. The van der Waals surface area contributed by atoms with Crippen molar-refractivity contribution >= 4 is 23.4 Å². The van der Waals surface area contributed by atoms with E-state index in [4.69, 9.17) is 4.74 Å². The Labute approximate surface area is 128 Å². The van der Waals surface area contributed by atoms with Crippen LogP contribution in [0.1, 0.15) is 32.4 Å². The van der Waals surface area contributed by atoms with Gasteiger partial charge in [0, 0.05) is 18.4 Å². The third-order valence-electron chi connectivity index (χ3n) is 3.31. The van der Waals surface area contributed by atoms with E-state index in [-0.39, 0.29) is 17.0 Å². The van der Waals surface area contributed by atoms with Crippen LogP contribution >= 0.6 is 11.8 Å². The molecule has 8 heteroatoms. The van der Waals surface area contributed by atoms with Crippen LogP contribution in [0.5, 0.6) is 0 Å². The highest BCUT2D eigenvalue weighted by Gasteiger charge is 2.30. The highest BCUT2D eigenvalue weighted by Crippen LogP contribution is 2.37. The summed E-state index contributed by atoms with van der Waals surface area (Å²) in [5.74, 6) is 0.453. The van der Waals surface area contributed by atoms with Crippen molar-refractivity contribution < 1.29 is 9.66 Å². The number of anilines is 1. The number of aryl methyl sites for hydroxylation is 1. The monoisotopic (exact) mass is 312 g/mol. The van der Waals surface area contributed by atoms with Gasteiger partial charge in [-0.1, -0.05) is 18.7 Å². The fourth-order valence-electron chi connectivity index (χ4n) is 2.16. The largest absolute Gasteiger partial charge is 0.377 e. The van der Waals surface area contributed by atoms with Crippen LogP contribution in [0.15, 0.2) is 5.03 Å². The number of aromatic nitrogens is 2. The molecule has 0 radical (unpaired) electrons. The van der Waals surface area contributed by atoms with E-state index in [0.717, 1.165) is 19.4 Å². The molecule has 1 N–H and O–H groups in total. The van der Waals surface area contributed by atoms with E-state index in [0.29, 0.717) is 23.3 Å². The summed E-state index contributed by atoms with van der Waals surface area (Å²) in [6.45, 7) is 7.11. The molecule has 2 heterocycles. The van der Waals surface area contributed by atoms with Crippen molar-refractivity contribution in [2.24, 2.45) is 0 Å². The predicted octanol–water partition coefficient (Wildman–Crippen LogP) is 2.78. The number of nitro groups is 1. The van der Waals surface area contributed by atoms with E-state index in [1.807, 2.05) is 13.8 Å². The maximum atomic E-state index is 11.3. The summed E-state index contributed by atoms with van der Waals surface area (Å²) in [7, 11) is 0. The van der Waals surface area contributed by atoms with E-state index in [2.05, 4.69) is 15.3 Å². The number of hydrogen-bond acceptors (Lipinski definition) is 7. The van der Waals surface area contributed by atoms with Gasteiger partial charge in [-0.3, -0.25) is 10.1 Å². The zero-order valence-electron chi connectivity index (χ0n) is 12.5. The van der Waals surface area contributed by atoms with Crippen molar-refractivity contribution in [3.8, 4) is 0 Å². The number of nitrogens with zero attached hydrogens (tertiary/aromatic N) is 3. The van der Waals surface area contributed by atoms with Crippen LogP contribution in [-0.4, -0.2) is 39.4 Å². The van der Waals surface area contributed by atoms with Gasteiger partial charge in [0.25, 0.3) is 0 Å². The second-order valence-electron chi connectivity index (χ2n) is 4.99. The molecular formula is C13H20N4O3S. The number of thioether (sulfide) groups is 1. The molecule has 21 heavy (non-hydrogen) atoms.